The Labute approximate surface area is 338 Å². The van der Waals surface area contributed by atoms with Gasteiger partial charge >= 0.3 is 0 Å². The summed E-state index contributed by atoms with van der Waals surface area (Å²) in [6, 6.07) is 58.8. The molecular formula is C51H54ClNO3. The van der Waals surface area contributed by atoms with E-state index in [4.69, 9.17) is 16.3 Å². The molecule has 0 amide bonds. The van der Waals surface area contributed by atoms with E-state index in [9.17, 15) is 10.2 Å². The maximum Gasteiger partial charge on any atom is 0.119 e. The van der Waals surface area contributed by atoms with Gasteiger partial charge in [0.1, 0.15) is 18.1 Å². The first-order chi connectivity index (χ1) is 27.6. The second-order valence-electron chi connectivity index (χ2n) is 15.2. The van der Waals surface area contributed by atoms with Crippen LogP contribution in [-0.4, -0.2) is 53.3 Å². The quantitative estimate of drug-likeness (QED) is 0.0909. The van der Waals surface area contributed by atoms with Crippen molar-refractivity contribution >= 4 is 11.6 Å². The van der Waals surface area contributed by atoms with Gasteiger partial charge in [0.25, 0.3) is 0 Å². The van der Waals surface area contributed by atoms with E-state index in [1.807, 2.05) is 24.3 Å². The van der Waals surface area contributed by atoms with Gasteiger partial charge in [-0.2, -0.15) is 0 Å². The molecule has 6 aromatic rings. The fourth-order valence-corrected chi connectivity index (χ4v) is 9.81. The number of likely N-dealkylation sites (tertiary alicyclic amines) is 1. The fourth-order valence-electron chi connectivity index (χ4n) is 9.21. The Morgan fingerprint density at radius 2 is 1.11 bits per heavy atom. The monoisotopic (exact) mass is 763 g/mol. The summed E-state index contributed by atoms with van der Waals surface area (Å²) in [6.07, 6.45) is 4.99. The van der Waals surface area contributed by atoms with Gasteiger partial charge in [0.2, 0.25) is 0 Å². The molecule has 0 spiro atoms. The average Bonchev–Trinajstić information content (AvgIpc) is 3.26. The highest BCUT2D eigenvalue weighted by atomic mass is 35.5. The van der Waals surface area contributed by atoms with E-state index in [0.29, 0.717) is 19.4 Å². The lowest BCUT2D eigenvalue weighted by Gasteiger charge is -2.47. The summed E-state index contributed by atoms with van der Waals surface area (Å²) >= 11 is 8.23. The van der Waals surface area contributed by atoms with Crippen LogP contribution >= 0.6 is 11.6 Å². The van der Waals surface area contributed by atoms with Gasteiger partial charge in [0.05, 0.1) is 0 Å². The first-order valence-corrected chi connectivity index (χ1v) is 20.7. The summed E-state index contributed by atoms with van der Waals surface area (Å²) < 4.78 is 6.30. The number of aromatic hydroxyl groups is 1. The highest BCUT2D eigenvalue weighted by Gasteiger charge is 2.49. The Hall–Kier alpha value is -4.87. The molecule has 288 valence electrons. The maximum absolute atomic E-state index is 10.8. The minimum absolute atomic E-state index is 0.00293. The SMILES string of the molecule is OCCC(c1ccccc1)C(c1ccccc1)(c1ccc(O)cc1)C(Cl)CC(c1ccccc1)C(c1ccccc1)c1ccc(OCCN2CCCCC2)cc1. The number of phenolic OH excluding ortho intramolecular Hbond substituents is 1. The van der Waals surface area contributed by atoms with Gasteiger partial charge < -0.3 is 14.9 Å². The van der Waals surface area contributed by atoms with E-state index in [2.05, 4.69) is 138 Å². The normalized spacial score (nSPS) is 16.6. The van der Waals surface area contributed by atoms with Gasteiger partial charge in [-0.15, -0.1) is 11.6 Å². The van der Waals surface area contributed by atoms with Crippen molar-refractivity contribution < 1.29 is 14.9 Å². The number of hydrogen-bond acceptors (Lipinski definition) is 4. The lowest BCUT2D eigenvalue weighted by atomic mass is 9.58. The minimum Gasteiger partial charge on any atom is -0.508 e. The van der Waals surface area contributed by atoms with Crippen LogP contribution in [0.1, 0.15) is 83.2 Å². The molecule has 0 aromatic heterocycles. The zero-order valence-electron chi connectivity index (χ0n) is 32.2. The highest BCUT2D eigenvalue weighted by molar-refractivity contribution is 6.22. The van der Waals surface area contributed by atoms with Crippen molar-refractivity contribution in [1.82, 2.24) is 4.90 Å². The lowest BCUT2D eigenvalue weighted by Crippen LogP contribution is -2.45. The number of alkyl halides is 1. The van der Waals surface area contributed by atoms with Crippen molar-refractivity contribution in [2.24, 2.45) is 0 Å². The van der Waals surface area contributed by atoms with Gasteiger partial charge in [-0.05, 0) is 102 Å². The van der Waals surface area contributed by atoms with Crippen LogP contribution in [0.5, 0.6) is 11.5 Å². The number of phenols is 1. The van der Waals surface area contributed by atoms with Crippen molar-refractivity contribution in [1.29, 1.82) is 0 Å². The molecule has 0 radical (unpaired) electrons. The first-order valence-electron chi connectivity index (χ1n) is 20.3. The molecule has 5 unspecified atom stereocenters. The Kier molecular flexibility index (Phi) is 13.6. The van der Waals surface area contributed by atoms with Crippen molar-refractivity contribution in [2.75, 3.05) is 32.8 Å². The van der Waals surface area contributed by atoms with Crippen LogP contribution in [0.15, 0.2) is 170 Å². The summed E-state index contributed by atoms with van der Waals surface area (Å²) in [4.78, 5) is 2.51. The zero-order valence-corrected chi connectivity index (χ0v) is 32.9. The maximum atomic E-state index is 10.8. The number of piperidine rings is 1. The molecule has 0 saturated carbocycles. The summed E-state index contributed by atoms with van der Waals surface area (Å²) in [6.45, 7) is 3.95. The summed E-state index contributed by atoms with van der Waals surface area (Å²) in [5, 5.41) is 20.9. The van der Waals surface area contributed by atoms with Crippen LogP contribution in [0.3, 0.4) is 0 Å². The van der Waals surface area contributed by atoms with Crippen molar-refractivity contribution in [2.45, 2.75) is 60.6 Å². The molecule has 4 nitrogen and oxygen atoms in total. The summed E-state index contributed by atoms with van der Waals surface area (Å²) in [5.74, 6) is 0.844. The number of aliphatic hydroxyl groups is 1. The lowest BCUT2D eigenvalue weighted by molar-refractivity contribution is 0.183. The number of ether oxygens (including phenoxy) is 1. The zero-order chi connectivity index (χ0) is 38.6. The van der Waals surface area contributed by atoms with E-state index >= 15 is 0 Å². The van der Waals surface area contributed by atoms with Gasteiger partial charge in [-0.25, -0.2) is 0 Å². The van der Waals surface area contributed by atoms with E-state index in [1.165, 1.54) is 36.0 Å². The molecule has 5 atom stereocenters. The fraction of sp³-hybridized carbons (Fsp3) is 0.294. The number of benzene rings is 6. The van der Waals surface area contributed by atoms with E-state index in [0.717, 1.165) is 42.1 Å². The number of aliphatic hydroxyl groups excluding tert-OH is 1. The topological polar surface area (TPSA) is 52.9 Å². The van der Waals surface area contributed by atoms with Crippen LogP contribution in [-0.2, 0) is 5.41 Å². The molecule has 1 aliphatic heterocycles. The number of hydrogen-bond donors (Lipinski definition) is 2. The Morgan fingerprint density at radius 3 is 1.70 bits per heavy atom. The van der Waals surface area contributed by atoms with Gasteiger partial charge in [0, 0.05) is 35.8 Å². The number of halogens is 1. The molecule has 1 fully saturated rings. The molecule has 5 heteroatoms. The van der Waals surface area contributed by atoms with Crippen LogP contribution in [0.2, 0.25) is 0 Å². The smallest absolute Gasteiger partial charge is 0.119 e. The molecule has 0 bridgehead atoms. The molecule has 1 saturated heterocycles. The van der Waals surface area contributed by atoms with E-state index < -0.39 is 10.8 Å². The molecule has 2 N–H and O–H groups in total. The van der Waals surface area contributed by atoms with Crippen molar-refractivity contribution in [3.8, 4) is 11.5 Å². The predicted molar refractivity (Wildman–Crippen MR) is 230 cm³/mol. The van der Waals surface area contributed by atoms with E-state index in [1.54, 1.807) is 12.1 Å². The molecule has 6 aromatic carbocycles. The van der Waals surface area contributed by atoms with E-state index in [-0.39, 0.29) is 30.1 Å². The molecule has 1 heterocycles. The Bertz CT molecular complexity index is 2020. The highest BCUT2D eigenvalue weighted by Crippen LogP contribution is 2.54. The third-order valence-electron chi connectivity index (χ3n) is 11.9. The molecule has 56 heavy (non-hydrogen) atoms. The van der Waals surface area contributed by atoms with Crippen LogP contribution in [0, 0.1) is 0 Å². The molecule has 0 aliphatic carbocycles. The van der Waals surface area contributed by atoms with Crippen LogP contribution in [0.25, 0.3) is 0 Å². The largest absolute Gasteiger partial charge is 0.508 e. The van der Waals surface area contributed by atoms with Gasteiger partial charge in [-0.1, -0.05) is 152 Å². The third kappa shape index (κ3) is 9.05. The Morgan fingerprint density at radius 1 is 0.589 bits per heavy atom. The third-order valence-corrected chi connectivity index (χ3v) is 12.4. The number of rotatable bonds is 17. The van der Waals surface area contributed by atoms with Gasteiger partial charge in [-0.3, -0.25) is 4.90 Å². The second-order valence-corrected chi connectivity index (χ2v) is 15.7. The van der Waals surface area contributed by atoms with Crippen molar-refractivity contribution in [3.05, 3.63) is 203 Å². The average molecular weight is 764 g/mol. The summed E-state index contributed by atoms with van der Waals surface area (Å²) in [7, 11) is 0. The standard InChI is InChI=1S/C51H54ClNO3/c52-49(51(43-22-12-4-13-23-43,44-26-28-45(55)29-27-44)48(32-36-54)40-18-8-2-9-19-40)38-47(39-16-6-1-7-17-39)50(41-20-10-3-11-21-41)42-24-30-46(31-25-42)56-37-35-53-33-14-5-15-34-53/h1-4,6-13,16-31,47-50,54-55H,5,14-15,32-38H2. The molecule has 7 rings (SSSR count). The predicted octanol–water partition coefficient (Wildman–Crippen LogP) is 11.3. The first kappa shape index (κ1) is 39.4. The number of nitrogens with zero attached hydrogens (tertiary/aromatic N) is 1. The van der Waals surface area contributed by atoms with Crippen molar-refractivity contribution in [3.63, 3.8) is 0 Å². The second kappa shape index (κ2) is 19.3. The van der Waals surface area contributed by atoms with Crippen LogP contribution < -0.4 is 4.74 Å². The molecule has 1 aliphatic rings. The minimum atomic E-state index is -0.791. The molecular weight excluding hydrogens is 710 g/mol. The van der Waals surface area contributed by atoms with Gasteiger partial charge in [0.15, 0.2) is 0 Å². The van der Waals surface area contributed by atoms with Crippen LogP contribution in [0.4, 0.5) is 0 Å². The summed E-state index contributed by atoms with van der Waals surface area (Å²) in [5.41, 5.74) is 6.01. The Balaban J connectivity index is 1.34.